The summed E-state index contributed by atoms with van der Waals surface area (Å²) in [5.74, 6) is -0.800. The molecule has 0 aliphatic rings. The lowest BCUT2D eigenvalue weighted by molar-refractivity contribution is -0.165. The molecule has 0 spiro atoms. The molecule has 1 unspecified atom stereocenters. The van der Waals surface area contributed by atoms with Crippen LogP contribution < -0.4 is 5.73 Å². The van der Waals surface area contributed by atoms with E-state index in [0.29, 0.717) is 4.68 Å². The lowest BCUT2D eigenvalue weighted by Gasteiger charge is -2.15. The standard InChI is InChI=1S/C7H8F3N3O/c1-4(7(8,9)10)13-3-5(2-12-13)6(11)14/h2-4H,1H3,(H2,11,14). The average Bonchev–Trinajstić information content (AvgIpc) is 2.48. The number of carbonyl (C=O) groups excluding carboxylic acids is 1. The summed E-state index contributed by atoms with van der Waals surface area (Å²) in [5, 5.41) is 3.40. The number of hydrogen-bond acceptors (Lipinski definition) is 2. The fourth-order valence-electron chi connectivity index (χ4n) is 0.827. The molecule has 1 atom stereocenters. The monoisotopic (exact) mass is 207 g/mol. The average molecular weight is 207 g/mol. The van der Waals surface area contributed by atoms with E-state index in [2.05, 4.69) is 5.10 Å². The van der Waals surface area contributed by atoms with E-state index >= 15 is 0 Å². The van der Waals surface area contributed by atoms with E-state index in [1.165, 1.54) is 0 Å². The van der Waals surface area contributed by atoms with Gasteiger partial charge in [-0.15, -0.1) is 0 Å². The Kier molecular flexibility index (Phi) is 2.50. The molecule has 0 aliphatic carbocycles. The minimum atomic E-state index is -4.39. The summed E-state index contributed by atoms with van der Waals surface area (Å²) < 4.78 is 37.2. The fraction of sp³-hybridized carbons (Fsp3) is 0.429. The Balaban J connectivity index is 2.92. The normalized spacial score (nSPS) is 14.0. The van der Waals surface area contributed by atoms with Gasteiger partial charge in [0.15, 0.2) is 0 Å². The molecule has 1 aromatic rings. The van der Waals surface area contributed by atoms with Gasteiger partial charge in [0.05, 0.1) is 11.8 Å². The molecule has 0 aromatic carbocycles. The van der Waals surface area contributed by atoms with E-state index in [1.807, 2.05) is 0 Å². The Labute approximate surface area is 77.5 Å². The van der Waals surface area contributed by atoms with E-state index in [4.69, 9.17) is 5.73 Å². The molecule has 7 heteroatoms. The number of hydrogen-bond donors (Lipinski definition) is 1. The Morgan fingerprint density at radius 1 is 1.64 bits per heavy atom. The molecular formula is C7H8F3N3O. The first-order valence-corrected chi connectivity index (χ1v) is 3.73. The first-order valence-electron chi connectivity index (χ1n) is 3.73. The van der Waals surface area contributed by atoms with E-state index in [1.54, 1.807) is 0 Å². The summed E-state index contributed by atoms with van der Waals surface area (Å²) in [7, 11) is 0. The quantitative estimate of drug-likeness (QED) is 0.789. The smallest absolute Gasteiger partial charge is 0.366 e. The molecule has 0 aliphatic heterocycles. The molecule has 0 fully saturated rings. The van der Waals surface area contributed by atoms with Crippen LogP contribution in [0.3, 0.4) is 0 Å². The van der Waals surface area contributed by atoms with Crippen LogP contribution in [0.1, 0.15) is 23.3 Å². The Morgan fingerprint density at radius 3 is 2.57 bits per heavy atom. The van der Waals surface area contributed by atoms with Crippen LogP contribution in [0.25, 0.3) is 0 Å². The van der Waals surface area contributed by atoms with Crippen LogP contribution in [0.2, 0.25) is 0 Å². The maximum absolute atomic E-state index is 12.2. The molecule has 1 heterocycles. The van der Waals surface area contributed by atoms with Crippen LogP contribution in [-0.4, -0.2) is 21.9 Å². The second-order valence-electron chi connectivity index (χ2n) is 2.79. The highest BCUT2D eigenvalue weighted by Crippen LogP contribution is 2.29. The highest BCUT2D eigenvalue weighted by atomic mass is 19.4. The molecule has 0 saturated heterocycles. The number of rotatable bonds is 2. The second-order valence-corrected chi connectivity index (χ2v) is 2.79. The number of carbonyl (C=O) groups is 1. The Hall–Kier alpha value is -1.53. The predicted molar refractivity (Wildman–Crippen MR) is 41.5 cm³/mol. The first-order chi connectivity index (χ1) is 6.32. The number of nitrogens with two attached hydrogens (primary N) is 1. The van der Waals surface area contributed by atoms with Crippen molar-refractivity contribution in [2.75, 3.05) is 0 Å². The van der Waals surface area contributed by atoms with E-state index in [-0.39, 0.29) is 5.56 Å². The molecule has 0 saturated carbocycles. The topological polar surface area (TPSA) is 60.9 Å². The van der Waals surface area contributed by atoms with Crippen molar-refractivity contribution in [3.8, 4) is 0 Å². The van der Waals surface area contributed by atoms with Crippen LogP contribution in [0.4, 0.5) is 13.2 Å². The lowest BCUT2D eigenvalue weighted by atomic mass is 10.3. The first kappa shape index (κ1) is 10.6. The third-order valence-corrected chi connectivity index (χ3v) is 1.76. The number of halogens is 3. The lowest BCUT2D eigenvalue weighted by Crippen LogP contribution is -2.24. The molecule has 4 nitrogen and oxygen atoms in total. The molecule has 0 radical (unpaired) electrons. The highest BCUT2D eigenvalue weighted by Gasteiger charge is 2.38. The van der Waals surface area contributed by atoms with Gasteiger partial charge in [-0.2, -0.15) is 18.3 Å². The van der Waals surface area contributed by atoms with Gasteiger partial charge >= 0.3 is 6.18 Å². The third kappa shape index (κ3) is 2.04. The van der Waals surface area contributed by atoms with Crippen molar-refractivity contribution in [2.24, 2.45) is 5.73 Å². The van der Waals surface area contributed by atoms with E-state index in [0.717, 1.165) is 19.3 Å². The van der Waals surface area contributed by atoms with Gasteiger partial charge in [0.25, 0.3) is 5.91 Å². The molecule has 14 heavy (non-hydrogen) atoms. The fourth-order valence-corrected chi connectivity index (χ4v) is 0.827. The molecule has 0 bridgehead atoms. The zero-order valence-corrected chi connectivity index (χ0v) is 7.25. The molecule has 2 N–H and O–H groups in total. The summed E-state index contributed by atoms with van der Waals surface area (Å²) in [4.78, 5) is 10.6. The summed E-state index contributed by atoms with van der Waals surface area (Å²) in [5.41, 5.74) is 4.82. The number of alkyl halides is 3. The van der Waals surface area contributed by atoms with Crippen LogP contribution in [0, 0.1) is 0 Å². The third-order valence-electron chi connectivity index (χ3n) is 1.76. The number of primary amides is 1. The zero-order valence-electron chi connectivity index (χ0n) is 7.25. The van der Waals surface area contributed by atoms with Crippen molar-refractivity contribution in [1.82, 2.24) is 9.78 Å². The SMILES string of the molecule is CC(n1cc(C(N)=O)cn1)C(F)(F)F. The maximum Gasteiger partial charge on any atom is 0.410 e. The number of aromatic nitrogens is 2. The summed E-state index contributed by atoms with van der Waals surface area (Å²) in [6, 6.07) is -1.77. The van der Waals surface area contributed by atoms with Gasteiger partial charge in [0, 0.05) is 6.20 Å². The van der Waals surface area contributed by atoms with Crippen LogP contribution in [-0.2, 0) is 0 Å². The molecule has 1 amide bonds. The maximum atomic E-state index is 12.2. The van der Waals surface area contributed by atoms with Crippen LogP contribution >= 0.6 is 0 Å². The van der Waals surface area contributed by atoms with Crippen molar-refractivity contribution in [3.05, 3.63) is 18.0 Å². The second kappa shape index (κ2) is 3.32. The van der Waals surface area contributed by atoms with Crippen LogP contribution in [0.5, 0.6) is 0 Å². The predicted octanol–water partition coefficient (Wildman–Crippen LogP) is 1.11. The molecule has 1 rings (SSSR count). The number of amides is 1. The zero-order chi connectivity index (χ0) is 10.9. The van der Waals surface area contributed by atoms with Gasteiger partial charge in [-0.3, -0.25) is 9.48 Å². The van der Waals surface area contributed by atoms with Crippen molar-refractivity contribution in [2.45, 2.75) is 19.1 Å². The van der Waals surface area contributed by atoms with Gasteiger partial charge in [0.1, 0.15) is 6.04 Å². The van der Waals surface area contributed by atoms with E-state index < -0.39 is 18.1 Å². The van der Waals surface area contributed by atoms with Gasteiger partial charge in [-0.1, -0.05) is 0 Å². The van der Waals surface area contributed by atoms with Gasteiger partial charge in [-0.05, 0) is 6.92 Å². The van der Waals surface area contributed by atoms with Gasteiger partial charge in [-0.25, -0.2) is 0 Å². The van der Waals surface area contributed by atoms with Gasteiger partial charge < -0.3 is 5.73 Å². The highest BCUT2D eigenvalue weighted by molar-refractivity contribution is 5.92. The van der Waals surface area contributed by atoms with Crippen LogP contribution in [0.15, 0.2) is 12.4 Å². The summed E-state index contributed by atoms with van der Waals surface area (Å²) >= 11 is 0. The van der Waals surface area contributed by atoms with Crippen molar-refractivity contribution < 1.29 is 18.0 Å². The number of nitrogens with zero attached hydrogens (tertiary/aromatic N) is 2. The Bertz CT molecular complexity index is 344. The van der Waals surface area contributed by atoms with Crippen molar-refractivity contribution >= 4 is 5.91 Å². The van der Waals surface area contributed by atoms with Crippen molar-refractivity contribution in [1.29, 1.82) is 0 Å². The molecule has 1 aromatic heterocycles. The Morgan fingerprint density at radius 2 is 2.21 bits per heavy atom. The molecular weight excluding hydrogens is 199 g/mol. The largest absolute Gasteiger partial charge is 0.410 e. The minimum absolute atomic E-state index is 0.0406. The van der Waals surface area contributed by atoms with Gasteiger partial charge in [0.2, 0.25) is 0 Å². The summed E-state index contributed by atoms with van der Waals surface area (Å²) in [6.07, 6.45) is -2.41. The molecule has 78 valence electrons. The summed E-state index contributed by atoms with van der Waals surface area (Å²) in [6.45, 7) is 0.942. The van der Waals surface area contributed by atoms with Crippen molar-refractivity contribution in [3.63, 3.8) is 0 Å². The van der Waals surface area contributed by atoms with E-state index in [9.17, 15) is 18.0 Å². The minimum Gasteiger partial charge on any atom is -0.366 e.